The summed E-state index contributed by atoms with van der Waals surface area (Å²) < 4.78 is 0. The number of hydrogen-bond acceptors (Lipinski definition) is 2. The minimum Gasteiger partial charge on any atom is -0.349 e. The second-order valence-corrected chi connectivity index (χ2v) is 7.03. The molecule has 0 atom stereocenters. The zero-order valence-electron chi connectivity index (χ0n) is 13.6. The fourth-order valence-corrected chi connectivity index (χ4v) is 3.63. The smallest absolute Gasteiger partial charge is 0.251 e. The van der Waals surface area contributed by atoms with E-state index in [1.165, 1.54) is 19.3 Å². The molecule has 2 aliphatic rings. The van der Waals surface area contributed by atoms with Gasteiger partial charge in [0.25, 0.3) is 5.91 Å². The Morgan fingerprint density at radius 2 is 1.91 bits per heavy atom. The molecule has 1 fully saturated rings. The number of amides is 2. The summed E-state index contributed by atoms with van der Waals surface area (Å²) in [4.78, 5) is 26.5. The van der Waals surface area contributed by atoms with Crippen LogP contribution in [0.2, 0.25) is 0 Å². The topological polar surface area (TPSA) is 49.4 Å². The van der Waals surface area contributed by atoms with Gasteiger partial charge in [0.05, 0.1) is 5.41 Å². The predicted octanol–water partition coefficient (Wildman–Crippen LogP) is 3.00. The lowest BCUT2D eigenvalue weighted by molar-refractivity contribution is -0.121. The highest BCUT2D eigenvalue weighted by molar-refractivity contribution is 6.08. The molecule has 1 saturated carbocycles. The van der Waals surface area contributed by atoms with E-state index in [0.29, 0.717) is 11.6 Å². The van der Waals surface area contributed by atoms with Gasteiger partial charge in [0.1, 0.15) is 0 Å². The molecule has 1 aromatic carbocycles. The molecule has 1 aliphatic carbocycles. The highest BCUT2D eigenvalue weighted by atomic mass is 16.2. The Morgan fingerprint density at radius 3 is 2.59 bits per heavy atom. The summed E-state index contributed by atoms with van der Waals surface area (Å²) in [6, 6.07) is 5.89. The summed E-state index contributed by atoms with van der Waals surface area (Å²) in [5.74, 6) is 0.0554. The van der Waals surface area contributed by atoms with Crippen LogP contribution in [-0.4, -0.2) is 24.9 Å². The van der Waals surface area contributed by atoms with Gasteiger partial charge >= 0.3 is 0 Å². The Balaban J connectivity index is 1.83. The first kappa shape index (κ1) is 15.1. The van der Waals surface area contributed by atoms with Gasteiger partial charge < -0.3 is 10.2 Å². The molecule has 0 radical (unpaired) electrons. The number of fused-ring (bicyclic) bond motifs is 1. The molecule has 4 nitrogen and oxygen atoms in total. The monoisotopic (exact) mass is 300 g/mol. The van der Waals surface area contributed by atoms with Crippen molar-refractivity contribution in [2.45, 2.75) is 57.4 Å². The van der Waals surface area contributed by atoms with Crippen molar-refractivity contribution in [1.29, 1.82) is 0 Å². The van der Waals surface area contributed by atoms with Crippen molar-refractivity contribution in [2.24, 2.45) is 0 Å². The average molecular weight is 300 g/mol. The molecule has 118 valence electrons. The Morgan fingerprint density at radius 1 is 1.23 bits per heavy atom. The quantitative estimate of drug-likeness (QED) is 0.912. The van der Waals surface area contributed by atoms with Crippen molar-refractivity contribution in [3.63, 3.8) is 0 Å². The summed E-state index contributed by atoms with van der Waals surface area (Å²) in [5, 5.41) is 3.14. The molecule has 0 bridgehead atoms. The normalized spacial score (nSPS) is 20.9. The zero-order valence-corrected chi connectivity index (χ0v) is 13.6. The number of benzene rings is 1. The molecule has 22 heavy (non-hydrogen) atoms. The first-order chi connectivity index (χ1) is 10.4. The van der Waals surface area contributed by atoms with E-state index >= 15 is 0 Å². The van der Waals surface area contributed by atoms with Crippen LogP contribution in [0.3, 0.4) is 0 Å². The van der Waals surface area contributed by atoms with Crippen LogP contribution >= 0.6 is 0 Å². The van der Waals surface area contributed by atoms with Gasteiger partial charge in [0, 0.05) is 24.3 Å². The van der Waals surface area contributed by atoms with Crippen LogP contribution in [0.4, 0.5) is 5.69 Å². The Kier molecular flexibility index (Phi) is 3.71. The Bertz CT molecular complexity index is 616. The molecule has 1 N–H and O–H groups in total. The highest BCUT2D eigenvalue weighted by Crippen LogP contribution is 2.41. The molecule has 3 rings (SSSR count). The SMILES string of the molecule is CN1C(=O)C(C)(C)c2cc(C(=O)NC3CCCCC3)ccc21. The van der Waals surface area contributed by atoms with Crippen LogP contribution in [-0.2, 0) is 10.2 Å². The standard InChI is InChI=1S/C18H24N2O2/c1-18(2)14-11-12(9-10-15(14)20(3)17(18)22)16(21)19-13-7-5-4-6-8-13/h9-11,13H,4-8H2,1-3H3,(H,19,21). The number of nitrogens with one attached hydrogen (secondary N) is 1. The van der Waals surface area contributed by atoms with Gasteiger partial charge in [-0.3, -0.25) is 9.59 Å². The molecular weight excluding hydrogens is 276 g/mol. The number of carbonyl (C=O) groups is 2. The largest absolute Gasteiger partial charge is 0.349 e. The summed E-state index contributed by atoms with van der Waals surface area (Å²) in [5.41, 5.74) is 1.94. The molecule has 4 heteroatoms. The summed E-state index contributed by atoms with van der Waals surface area (Å²) >= 11 is 0. The van der Waals surface area contributed by atoms with Crippen LogP contribution < -0.4 is 10.2 Å². The van der Waals surface area contributed by atoms with Crippen LogP contribution in [0.1, 0.15) is 61.9 Å². The third-order valence-corrected chi connectivity index (χ3v) is 5.07. The van der Waals surface area contributed by atoms with E-state index in [-0.39, 0.29) is 11.8 Å². The lowest BCUT2D eigenvalue weighted by atomic mass is 9.85. The van der Waals surface area contributed by atoms with Crippen LogP contribution in [0.15, 0.2) is 18.2 Å². The summed E-state index contributed by atoms with van der Waals surface area (Å²) in [6.07, 6.45) is 5.81. The van der Waals surface area contributed by atoms with Crippen molar-refractivity contribution in [3.8, 4) is 0 Å². The maximum Gasteiger partial charge on any atom is 0.251 e. The van der Waals surface area contributed by atoms with Crippen LogP contribution in [0, 0.1) is 0 Å². The third-order valence-electron chi connectivity index (χ3n) is 5.07. The second kappa shape index (κ2) is 5.41. The maximum atomic E-state index is 12.5. The molecule has 0 aromatic heterocycles. The first-order valence-electron chi connectivity index (χ1n) is 8.15. The lowest BCUT2D eigenvalue weighted by Crippen LogP contribution is -2.36. The van der Waals surface area contributed by atoms with Gasteiger partial charge in [-0.15, -0.1) is 0 Å². The Hall–Kier alpha value is -1.84. The molecule has 1 aliphatic heterocycles. The number of hydrogen-bond donors (Lipinski definition) is 1. The maximum absolute atomic E-state index is 12.5. The highest BCUT2D eigenvalue weighted by Gasteiger charge is 2.42. The van der Waals surface area contributed by atoms with Gasteiger partial charge in [0.15, 0.2) is 0 Å². The molecule has 0 saturated heterocycles. The van der Waals surface area contributed by atoms with E-state index in [0.717, 1.165) is 24.1 Å². The summed E-state index contributed by atoms with van der Waals surface area (Å²) in [6.45, 7) is 3.83. The molecule has 1 heterocycles. The van der Waals surface area contributed by atoms with E-state index in [4.69, 9.17) is 0 Å². The number of likely N-dealkylation sites (N-methyl/N-ethyl adjacent to an activating group) is 1. The minimum absolute atomic E-state index is 0.0208. The van der Waals surface area contributed by atoms with E-state index in [1.807, 2.05) is 32.0 Å². The second-order valence-electron chi connectivity index (χ2n) is 7.03. The van der Waals surface area contributed by atoms with Crippen molar-refractivity contribution in [1.82, 2.24) is 5.32 Å². The fourth-order valence-electron chi connectivity index (χ4n) is 3.63. The molecular formula is C18H24N2O2. The fraction of sp³-hybridized carbons (Fsp3) is 0.556. The van der Waals surface area contributed by atoms with Gasteiger partial charge in [-0.25, -0.2) is 0 Å². The van der Waals surface area contributed by atoms with Crippen molar-refractivity contribution >= 4 is 17.5 Å². The Labute approximate surface area is 131 Å². The van der Waals surface area contributed by atoms with Crippen LogP contribution in [0.5, 0.6) is 0 Å². The minimum atomic E-state index is -0.564. The molecule has 2 amide bonds. The van der Waals surface area contributed by atoms with Crippen LogP contribution in [0.25, 0.3) is 0 Å². The van der Waals surface area contributed by atoms with Gasteiger partial charge in [-0.05, 0) is 50.5 Å². The van der Waals surface area contributed by atoms with Gasteiger partial charge in [-0.1, -0.05) is 19.3 Å². The van der Waals surface area contributed by atoms with E-state index in [9.17, 15) is 9.59 Å². The first-order valence-corrected chi connectivity index (χ1v) is 8.15. The molecule has 0 unspecified atom stereocenters. The number of nitrogens with zero attached hydrogens (tertiary/aromatic N) is 1. The van der Waals surface area contributed by atoms with Crippen molar-refractivity contribution < 1.29 is 9.59 Å². The van der Waals surface area contributed by atoms with E-state index in [2.05, 4.69) is 5.32 Å². The predicted molar refractivity (Wildman–Crippen MR) is 87.2 cm³/mol. The number of carbonyl (C=O) groups excluding carboxylic acids is 2. The van der Waals surface area contributed by atoms with Crippen molar-refractivity contribution in [2.75, 3.05) is 11.9 Å². The lowest BCUT2D eigenvalue weighted by Gasteiger charge is -2.23. The summed E-state index contributed by atoms with van der Waals surface area (Å²) in [7, 11) is 1.79. The van der Waals surface area contributed by atoms with Crippen molar-refractivity contribution in [3.05, 3.63) is 29.3 Å². The average Bonchev–Trinajstić information content (AvgIpc) is 2.69. The van der Waals surface area contributed by atoms with Gasteiger partial charge in [-0.2, -0.15) is 0 Å². The number of rotatable bonds is 2. The van der Waals surface area contributed by atoms with E-state index < -0.39 is 5.41 Å². The third kappa shape index (κ3) is 2.40. The zero-order chi connectivity index (χ0) is 15.9. The molecule has 0 spiro atoms. The molecule has 1 aromatic rings. The van der Waals surface area contributed by atoms with Gasteiger partial charge in [0.2, 0.25) is 5.91 Å². The van der Waals surface area contributed by atoms with E-state index in [1.54, 1.807) is 11.9 Å². The number of anilines is 1.